The van der Waals surface area contributed by atoms with Crippen molar-refractivity contribution < 1.29 is 19.0 Å². The van der Waals surface area contributed by atoms with Gasteiger partial charge in [-0.2, -0.15) is 0 Å². The van der Waals surface area contributed by atoms with Crippen molar-refractivity contribution in [3.05, 3.63) is 58.4 Å². The van der Waals surface area contributed by atoms with Crippen LogP contribution in [0.25, 0.3) is 0 Å². The van der Waals surface area contributed by atoms with Gasteiger partial charge in [0.2, 0.25) is 5.91 Å². The molecule has 0 aromatic heterocycles. The molecule has 156 valence electrons. The van der Waals surface area contributed by atoms with Crippen LogP contribution in [0.15, 0.2) is 36.4 Å². The number of anilines is 1. The van der Waals surface area contributed by atoms with Gasteiger partial charge in [0.05, 0.1) is 11.6 Å². The molecular weight excluding hydrogens is 395 g/mol. The molecule has 2 aromatic carbocycles. The highest BCUT2D eigenvalue weighted by Gasteiger charge is 2.34. The van der Waals surface area contributed by atoms with Crippen LogP contribution in [0, 0.1) is 19.7 Å². The number of hydrogen-bond donors (Lipinski definition) is 2. The zero-order valence-corrected chi connectivity index (χ0v) is 17.4. The van der Waals surface area contributed by atoms with Crippen molar-refractivity contribution in [1.29, 1.82) is 0 Å². The summed E-state index contributed by atoms with van der Waals surface area (Å²) in [5.74, 6) is -0.0499. The molecule has 7 heteroatoms. The number of nitrogens with zero attached hydrogens (tertiary/aromatic N) is 1. The molecule has 1 atom stereocenters. The number of nitrogens with one attached hydrogen (secondary N) is 1. The topological polar surface area (TPSA) is 61.8 Å². The first-order valence-corrected chi connectivity index (χ1v) is 10.0. The number of halogens is 2. The van der Waals surface area contributed by atoms with E-state index in [1.165, 1.54) is 23.8 Å². The summed E-state index contributed by atoms with van der Waals surface area (Å²) in [6.07, 6.45) is 1.38. The van der Waals surface area contributed by atoms with Gasteiger partial charge in [0.15, 0.2) is 0 Å². The van der Waals surface area contributed by atoms with Gasteiger partial charge < -0.3 is 15.2 Å². The molecule has 1 unspecified atom stereocenters. The molecule has 1 aliphatic heterocycles. The van der Waals surface area contributed by atoms with Gasteiger partial charge in [0.1, 0.15) is 23.8 Å². The highest BCUT2D eigenvalue weighted by Crippen LogP contribution is 2.24. The van der Waals surface area contributed by atoms with Gasteiger partial charge in [-0.3, -0.25) is 9.69 Å². The quantitative estimate of drug-likeness (QED) is 0.743. The van der Waals surface area contributed by atoms with Crippen LogP contribution >= 0.6 is 11.6 Å². The lowest BCUT2D eigenvalue weighted by molar-refractivity contribution is -0.119. The fraction of sp³-hybridized carbons (Fsp3) is 0.409. The number of piperidine rings is 1. The predicted octanol–water partition coefficient (Wildman–Crippen LogP) is 3.94. The first-order valence-electron chi connectivity index (χ1n) is 9.64. The summed E-state index contributed by atoms with van der Waals surface area (Å²) in [5.41, 5.74) is 1.74. The van der Waals surface area contributed by atoms with E-state index >= 15 is 0 Å². The lowest BCUT2D eigenvalue weighted by Crippen LogP contribution is -2.53. The monoisotopic (exact) mass is 420 g/mol. The van der Waals surface area contributed by atoms with Crippen LogP contribution in [-0.2, 0) is 4.79 Å². The van der Waals surface area contributed by atoms with Crippen molar-refractivity contribution >= 4 is 23.2 Å². The minimum absolute atomic E-state index is 0.0429. The van der Waals surface area contributed by atoms with Crippen LogP contribution in [0.3, 0.4) is 0 Å². The molecule has 1 amide bonds. The molecule has 1 aliphatic rings. The summed E-state index contributed by atoms with van der Waals surface area (Å²) < 4.78 is 19.1. The second-order valence-electron chi connectivity index (χ2n) is 7.75. The lowest BCUT2D eigenvalue weighted by Gasteiger charge is -2.38. The molecule has 1 heterocycles. The van der Waals surface area contributed by atoms with E-state index in [1.807, 2.05) is 36.9 Å². The third kappa shape index (κ3) is 5.92. The number of rotatable bonds is 6. The first kappa shape index (κ1) is 21.6. The Morgan fingerprint density at radius 3 is 2.79 bits per heavy atom. The van der Waals surface area contributed by atoms with Gasteiger partial charge in [-0.25, -0.2) is 4.39 Å². The van der Waals surface area contributed by atoms with Crippen molar-refractivity contribution in [2.45, 2.75) is 32.3 Å². The summed E-state index contributed by atoms with van der Waals surface area (Å²) in [5, 5.41) is 13.6. The fourth-order valence-corrected chi connectivity index (χ4v) is 3.64. The number of carbonyl (C=O) groups excluding carboxylic acids is 1. The van der Waals surface area contributed by atoms with Gasteiger partial charge in [-0.1, -0.05) is 17.7 Å². The standard InChI is InChI=1S/C22H26ClFN2O3/c1-15-4-6-18(10-16(15)2)29-14-22(28)8-3-9-26(13-22)12-21(27)25-17-5-7-20(24)19(23)11-17/h4-7,10-11,28H,3,8-9,12-14H2,1-2H3,(H,25,27). The van der Waals surface area contributed by atoms with E-state index in [0.717, 1.165) is 17.7 Å². The zero-order valence-electron chi connectivity index (χ0n) is 16.7. The van der Waals surface area contributed by atoms with Crippen molar-refractivity contribution in [2.75, 3.05) is 31.6 Å². The summed E-state index contributed by atoms with van der Waals surface area (Å²) in [6, 6.07) is 9.89. The van der Waals surface area contributed by atoms with Crippen LogP contribution in [0.4, 0.5) is 10.1 Å². The van der Waals surface area contributed by atoms with E-state index in [2.05, 4.69) is 5.32 Å². The van der Waals surface area contributed by atoms with Gasteiger partial charge in [-0.05, 0) is 74.7 Å². The van der Waals surface area contributed by atoms with Crippen LogP contribution < -0.4 is 10.1 Å². The Kier molecular flexibility index (Phi) is 6.77. The molecule has 0 spiro atoms. The fourth-order valence-electron chi connectivity index (χ4n) is 3.46. The van der Waals surface area contributed by atoms with Gasteiger partial charge in [0.25, 0.3) is 0 Å². The number of hydrogen-bond acceptors (Lipinski definition) is 4. The molecule has 1 saturated heterocycles. The van der Waals surface area contributed by atoms with E-state index in [4.69, 9.17) is 16.3 Å². The van der Waals surface area contributed by atoms with Crippen LogP contribution in [0.2, 0.25) is 5.02 Å². The third-order valence-electron chi connectivity index (χ3n) is 5.19. The molecule has 0 aliphatic carbocycles. The molecule has 5 nitrogen and oxygen atoms in total. The maximum Gasteiger partial charge on any atom is 0.238 e. The highest BCUT2D eigenvalue weighted by atomic mass is 35.5. The van der Waals surface area contributed by atoms with Crippen LogP contribution in [0.5, 0.6) is 5.75 Å². The first-order chi connectivity index (χ1) is 13.7. The Hall–Kier alpha value is -2.15. The number of aryl methyl sites for hydroxylation is 2. The molecule has 0 bridgehead atoms. The van der Waals surface area contributed by atoms with E-state index in [0.29, 0.717) is 25.2 Å². The minimum Gasteiger partial charge on any atom is -0.491 e. The Morgan fingerprint density at radius 2 is 2.07 bits per heavy atom. The van der Waals surface area contributed by atoms with Crippen molar-refractivity contribution in [3.63, 3.8) is 0 Å². The summed E-state index contributed by atoms with van der Waals surface area (Å²) in [7, 11) is 0. The zero-order chi connectivity index (χ0) is 21.0. The SMILES string of the molecule is Cc1ccc(OCC2(O)CCCN(CC(=O)Nc3ccc(F)c(Cl)c3)C2)cc1C. The summed E-state index contributed by atoms with van der Waals surface area (Å²) >= 11 is 5.75. The molecular formula is C22H26ClFN2O3. The maximum atomic E-state index is 13.2. The van der Waals surface area contributed by atoms with Crippen LogP contribution in [-0.4, -0.2) is 47.8 Å². The van der Waals surface area contributed by atoms with E-state index < -0.39 is 11.4 Å². The molecule has 2 aromatic rings. The molecule has 1 fully saturated rings. The number of β-amino-alcohol motifs (C(OH)–C–C–N with tert-alkyl or cyclic N) is 1. The molecule has 29 heavy (non-hydrogen) atoms. The second-order valence-corrected chi connectivity index (χ2v) is 8.16. The highest BCUT2D eigenvalue weighted by molar-refractivity contribution is 6.31. The van der Waals surface area contributed by atoms with E-state index in [-0.39, 0.29) is 24.1 Å². The lowest BCUT2D eigenvalue weighted by atomic mass is 9.93. The predicted molar refractivity (Wildman–Crippen MR) is 112 cm³/mol. The van der Waals surface area contributed by atoms with Gasteiger partial charge in [0, 0.05) is 12.2 Å². The molecule has 3 rings (SSSR count). The average molecular weight is 421 g/mol. The molecule has 0 radical (unpaired) electrons. The van der Waals surface area contributed by atoms with E-state index in [1.54, 1.807) is 0 Å². The minimum atomic E-state index is -1.02. The normalized spacial score (nSPS) is 19.8. The number of amides is 1. The van der Waals surface area contributed by atoms with E-state index in [9.17, 15) is 14.3 Å². The Labute approximate surface area is 175 Å². The van der Waals surface area contributed by atoms with Crippen molar-refractivity contribution in [3.8, 4) is 5.75 Å². The summed E-state index contributed by atoms with van der Waals surface area (Å²) in [6.45, 7) is 5.41. The largest absolute Gasteiger partial charge is 0.491 e. The van der Waals surface area contributed by atoms with Crippen LogP contribution in [0.1, 0.15) is 24.0 Å². The maximum absolute atomic E-state index is 13.2. The van der Waals surface area contributed by atoms with Gasteiger partial charge >= 0.3 is 0 Å². The average Bonchev–Trinajstić information content (AvgIpc) is 2.66. The smallest absolute Gasteiger partial charge is 0.238 e. The van der Waals surface area contributed by atoms with Crippen molar-refractivity contribution in [1.82, 2.24) is 4.90 Å². The van der Waals surface area contributed by atoms with Gasteiger partial charge in [-0.15, -0.1) is 0 Å². The molecule has 0 saturated carbocycles. The third-order valence-corrected chi connectivity index (χ3v) is 5.48. The second kappa shape index (κ2) is 9.11. The Bertz CT molecular complexity index is 892. The number of carbonyl (C=O) groups is 1. The van der Waals surface area contributed by atoms with Crippen molar-refractivity contribution in [2.24, 2.45) is 0 Å². The number of ether oxygens (including phenoxy) is 1. The Morgan fingerprint density at radius 1 is 1.28 bits per heavy atom. The Balaban J connectivity index is 1.53. The number of aliphatic hydroxyl groups is 1. The summed E-state index contributed by atoms with van der Waals surface area (Å²) in [4.78, 5) is 14.2. The molecule has 2 N–H and O–H groups in total. The number of benzene rings is 2. The number of likely N-dealkylation sites (tertiary alicyclic amines) is 1.